The summed E-state index contributed by atoms with van der Waals surface area (Å²) in [5, 5.41) is 2.84. The number of benzene rings is 2. The molecule has 0 spiro atoms. The summed E-state index contributed by atoms with van der Waals surface area (Å²) in [5.41, 5.74) is 2.03. The highest BCUT2D eigenvalue weighted by Gasteiger charge is 2.25. The van der Waals surface area contributed by atoms with Gasteiger partial charge in [-0.1, -0.05) is 30.3 Å². The van der Waals surface area contributed by atoms with E-state index >= 15 is 0 Å². The van der Waals surface area contributed by atoms with Crippen molar-refractivity contribution in [2.24, 2.45) is 0 Å². The molecule has 1 amide bonds. The van der Waals surface area contributed by atoms with Gasteiger partial charge < -0.3 is 14.3 Å². The zero-order valence-electron chi connectivity index (χ0n) is 16.4. The highest BCUT2D eigenvalue weighted by molar-refractivity contribution is 6.09. The molecular weight excluding hydrogens is 393 g/mol. The Morgan fingerprint density at radius 2 is 2.07 bits per heavy atom. The minimum atomic E-state index is -0.564. The van der Waals surface area contributed by atoms with Gasteiger partial charge in [0.05, 0.1) is 12.2 Å². The van der Waals surface area contributed by atoms with Crippen LogP contribution in [0.15, 0.2) is 66.4 Å². The third kappa shape index (κ3) is 5.46. The maximum atomic E-state index is 13.5. The lowest BCUT2D eigenvalue weighted by Gasteiger charge is -2.29. The van der Waals surface area contributed by atoms with Crippen molar-refractivity contribution in [3.8, 4) is 5.75 Å². The van der Waals surface area contributed by atoms with E-state index in [1.54, 1.807) is 19.1 Å². The summed E-state index contributed by atoms with van der Waals surface area (Å²) in [6.07, 6.45) is 6.97. The molecule has 1 aliphatic carbocycles. The lowest BCUT2D eigenvalue weighted by atomic mass is 9.95. The van der Waals surface area contributed by atoms with Gasteiger partial charge in [0.15, 0.2) is 0 Å². The van der Waals surface area contributed by atoms with Crippen molar-refractivity contribution < 1.29 is 18.2 Å². The number of nitrogens with one attached hydrogen (secondary N) is 1. The predicted octanol–water partition coefficient (Wildman–Crippen LogP) is 5.26. The summed E-state index contributed by atoms with van der Waals surface area (Å²) in [7, 11) is 0. The number of ether oxygens (including phenoxy) is 1. The maximum Gasteiger partial charge on any atom is 0.256 e. The second-order valence-corrected chi connectivity index (χ2v) is 7.37. The first kappa shape index (κ1) is 21.1. The van der Waals surface area contributed by atoms with E-state index in [2.05, 4.69) is 5.32 Å². The molecule has 1 N–H and O–H groups in total. The topological polar surface area (TPSA) is 47.6 Å². The van der Waals surface area contributed by atoms with Gasteiger partial charge in [0, 0.05) is 11.3 Å². The number of hydrogen-bond donors (Lipinski definition) is 1. The van der Waals surface area contributed by atoms with Gasteiger partial charge in [-0.25, -0.2) is 4.39 Å². The monoisotopic (exact) mass is 415 g/mol. The van der Waals surface area contributed by atoms with Gasteiger partial charge in [-0.15, -0.1) is 0 Å². The Balaban J connectivity index is 1.64. The van der Waals surface area contributed by atoms with Gasteiger partial charge in [0.2, 0.25) is 0 Å². The van der Waals surface area contributed by atoms with Crippen molar-refractivity contribution in [3.05, 3.63) is 88.9 Å². The molecule has 1 unspecified atom stereocenters. The standard InChI is InChI=1S/C23H23ClFNO3/c1-16-9-10-18(25)14-20(16)22(27)26-19-7-5-12-23(2,15-19)28-13-11-17-6-3-4-8-21(17)29-24/h3-10,14-15H,11-13H2,1-2H3,(H,26,27). The first-order valence-corrected chi connectivity index (χ1v) is 9.68. The van der Waals surface area contributed by atoms with E-state index in [-0.39, 0.29) is 5.91 Å². The molecule has 6 heteroatoms. The Kier molecular flexibility index (Phi) is 6.72. The zero-order chi connectivity index (χ0) is 20.9. The fourth-order valence-electron chi connectivity index (χ4n) is 3.25. The predicted molar refractivity (Wildman–Crippen MR) is 111 cm³/mol. The van der Waals surface area contributed by atoms with Crippen LogP contribution in [0.2, 0.25) is 0 Å². The van der Waals surface area contributed by atoms with Crippen LogP contribution in [0.3, 0.4) is 0 Å². The summed E-state index contributed by atoms with van der Waals surface area (Å²) in [5.74, 6) is -0.181. The number of halogens is 2. The fourth-order valence-corrected chi connectivity index (χ4v) is 3.40. The summed E-state index contributed by atoms with van der Waals surface area (Å²) in [6.45, 7) is 4.19. The van der Waals surface area contributed by atoms with Crippen LogP contribution in [0.4, 0.5) is 4.39 Å². The van der Waals surface area contributed by atoms with Crippen LogP contribution in [0.1, 0.15) is 34.8 Å². The highest BCUT2D eigenvalue weighted by atomic mass is 35.5. The molecule has 3 rings (SSSR count). The molecule has 1 atom stereocenters. The number of rotatable bonds is 7. The molecule has 0 fully saturated rings. The van der Waals surface area contributed by atoms with E-state index in [9.17, 15) is 9.18 Å². The zero-order valence-corrected chi connectivity index (χ0v) is 17.1. The molecule has 29 heavy (non-hydrogen) atoms. The summed E-state index contributed by atoms with van der Waals surface area (Å²) in [4.78, 5) is 12.5. The van der Waals surface area contributed by atoms with Crippen molar-refractivity contribution >= 4 is 17.8 Å². The van der Waals surface area contributed by atoms with E-state index in [0.717, 1.165) is 5.56 Å². The van der Waals surface area contributed by atoms with Crippen LogP contribution in [-0.4, -0.2) is 18.1 Å². The third-order valence-corrected chi connectivity index (χ3v) is 5.01. The molecule has 0 bridgehead atoms. The van der Waals surface area contributed by atoms with Crippen LogP contribution in [0.25, 0.3) is 0 Å². The van der Waals surface area contributed by atoms with Crippen LogP contribution in [-0.2, 0) is 11.2 Å². The highest BCUT2D eigenvalue weighted by Crippen LogP contribution is 2.26. The number of allylic oxidation sites excluding steroid dienone is 1. The number of para-hydroxylation sites is 1. The maximum absolute atomic E-state index is 13.5. The SMILES string of the molecule is Cc1ccc(F)cc1C(=O)NC1=CC(C)(OCCc2ccccc2OCl)CC=C1. The fraction of sp³-hybridized carbons (Fsp3) is 0.261. The van der Waals surface area contributed by atoms with Gasteiger partial charge in [-0.3, -0.25) is 4.79 Å². The molecule has 2 aromatic rings. The number of carbonyl (C=O) groups excluding carboxylic acids is 1. The largest absolute Gasteiger partial charge is 0.385 e. The number of amides is 1. The van der Waals surface area contributed by atoms with Crippen molar-refractivity contribution in [2.75, 3.05) is 6.61 Å². The Hall–Kier alpha value is -2.63. The molecule has 0 radical (unpaired) electrons. The minimum Gasteiger partial charge on any atom is -0.385 e. The van der Waals surface area contributed by atoms with E-state index in [1.165, 1.54) is 12.1 Å². The molecule has 152 valence electrons. The average molecular weight is 416 g/mol. The third-order valence-electron chi connectivity index (χ3n) is 4.84. The number of aryl methyl sites for hydroxylation is 1. The Bertz CT molecular complexity index is 957. The lowest BCUT2D eigenvalue weighted by Crippen LogP contribution is -2.32. The van der Waals surface area contributed by atoms with Crippen LogP contribution in [0, 0.1) is 12.7 Å². The van der Waals surface area contributed by atoms with Crippen molar-refractivity contribution in [1.82, 2.24) is 5.32 Å². The van der Waals surface area contributed by atoms with Crippen LogP contribution in [0.5, 0.6) is 5.75 Å². The molecule has 1 aliphatic rings. The summed E-state index contributed by atoms with van der Waals surface area (Å²) >= 11 is 5.50. The molecule has 0 heterocycles. The van der Waals surface area contributed by atoms with Crippen molar-refractivity contribution in [2.45, 2.75) is 32.3 Å². The smallest absolute Gasteiger partial charge is 0.256 e. The van der Waals surface area contributed by atoms with E-state index in [0.29, 0.717) is 42.0 Å². The quantitative estimate of drug-likeness (QED) is 0.671. The van der Waals surface area contributed by atoms with Gasteiger partial charge >= 0.3 is 0 Å². The first-order chi connectivity index (χ1) is 13.9. The van der Waals surface area contributed by atoms with Crippen molar-refractivity contribution in [1.29, 1.82) is 0 Å². The molecule has 0 saturated carbocycles. The lowest BCUT2D eigenvalue weighted by molar-refractivity contribution is 0.00790. The molecular formula is C23H23ClFNO3. The van der Waals surface area contributed by atoms with Gasteiger partial charge in [-0.2, -0.15) is 0 Å². The van der Waals surface area contributed by atoms with Gasteiger partial charge in [-0.05, 0) is 68.2 Å². The second-order valence-electron chi connectivity index (χ2n) is 7.22. The molecule has 0 saturated heterocycles. The van der Waals surface area contributed by atoms with E-state index in [1.807, 2.05) is 43.4 Å². The number of hydrogen-bond acceptors (Lipinski definition) is 3. The first-order valence-electron chi connectivity index (χ1n) is 9.37. The Morgan fingerprint density at radius 3 is 2.86 bits per heavy atom. The Morgan fingerprint density at radius 1 is 1.28 bits per heavy atom. The molecule has 4 nitrogen and oxygen atoms in total. The van der Waals surface area contributed by atoms with E-state index in [4.69, 9.17) is 20.9 Å². The minimum absolute atomic E-state index is 0.310. The van der Waals surface area contributed by atoms with Crippen molar-refractivity contribution in [3.63, 3.8) is 0 Å². The molecule has 0 aliphatic heterocycles. The summed E-state index contributed by atoms with van der Waals surface area (Å²) in [6, 6.07) is 11.7. The van der Waals surface area contributed by atoms with Crippen LogP contribution >= 0.6 is 11.9 Å². The van der Waals surface area contributed by atoms with Gasteiger partial charge in [0.1, 0.15) is 23.4 Å². The Labute approximate surface area is 175 Å². The molecule has 2 aromatic carbocycles. The van der Waals surface area contributed by atoms with Gasteiger partial charge in [0.25, 0.3) is 5.91 Å². The van der Waals surface area contributed by atoms with Crippen LogP contribution < -0.4 is 9.61 Å². The van der Waals surface area contributed by atoms with E-state index < -0.39 is 11.4 Å². The average Bonchev–Trinajstić information content (AvgIpc) is 2.70. The summed E-state index contributed by atoms with van der Waals surface area (Å²) < 4.78 is 24.4. The second kappa shape index (κ2) is 9.25. The number of carbonyl (C=O) groups is 1. The normalized spacial score (nSPS) is 18.3. The molecule has 0 aromatic heterocycles.